The number of hydrogen-bond acceptors (Lipinski definition) is 5. The van der Waals surface area contributed by atoms with E-state index in [-0.39, 0.29) is 5.91 Å². The summed E-state index contributed by atoms with van der Waals surface area (Å²) in [6.45, 7) is 5.41. The van der Waals surface area contributed by atoms with E-state index in [0.29, 0.717) is 11.7 Å². The van der Waals surface area contributed by atoms with Crippen molar-refractivity contribution in [3.63, 3.8) is 0 Å². The van der Waals surface area contributed by atoms with Gasteiger partial charge >= 0.3 is 0 Å². The van der Waals surface area contributed by atoms with Crippen LogP contribution in [0.25, 0.3) is 0 Å². The zero-order chi connectivity index (χ0) is 15.9. The molecule has 1 aliphatic heterocycles. The summed E-state index contributed by atoms with van der Waals surface area (Å²) in [7, 11) is 0. The predicted octanol–water partition coefficient (Wildman–Crippen LogP) is 2.29. The highest BCUT2D eigenvalue weighted by Crippen LogP contribution is 2.11. The number of rotatable bonds is 5. The van der Waals surface area contributed by atoms with Crippen LogP contribution in [0.4, 0.5) is 5.13 Å². The molecule has 2 heterocycles. The molecule has 0 unspecified atom stereocenters. The summed E-state index contributed by atoms with van der Waals surface area (Å²) in [5, 5.41) is 5.39. The van der Waals surface area contributed by atoms with E-state index in [9.17, 15) is 4.79 Å². The molecular weight excluding hydrogens is 308 g/mol. The Balaban J connectivity index is 1.45. The molecule has 2 aromatic rings. The van der Waals surface area contributed by atoms with Gasteiger partial charge in [-0.15, -0.1) is 11.3 Å². The molecule has 0 bridgehead atoms. The van der Waals surface area contributed by atoms with E-state index in [2.05, 4.69) is 50.4 Å². The number of hydrogen-bond donors (Lipinski definition) is 1. The Labute approximate surface area is 140 Å². The van der Waals surface area contributed by atoms with Crippen LogP contribution in [0, 0.1) is 0 Å². The van der Waals surface area contributed by atoms with Crippen LogP contribution >= 0.6 is 11.3 Å². The van der Waals surface area contributed by atoms with Gasteiger partial charge in [-0.3, -0.25) is 14.6 Å². The van der Waals surface area contributed by atoms with Crippen LogP contribution in [0.1, 0.15) is 12.0 Å². The quantitative estimate of drug-likeness (QED) is 0.914. The molecule has 0 atom stereocenters. The van der Waals surface area contributed by atoms with Gasteiger partial charge in [0.2, 0.25) is 5.91 Å². The maximum atomic E-state index is 12.1. The van der Waals surface area contributed by atoms with Crippen molar-refractivity contribution in [1.82, 2.24) is 14.8 Å². The Hall–Kier alpha value is -1.76. The Morgan fingerprint density at radius 1 is 1.13 bits per heavy atom. The maximum absolute atomic E-state index is 12.1. The van der Waals surface area contributed by atoms with Crippen molar-refractivity contribution in [2.45, 2.75) is 13.0 Å². The lowest BCUT2D eigenvalue weighted by molar-refractivity contribution is -0.117. The van der Waals surface area contributed by atoms with Gasteiger partial charge in [-0.1, -0.05) is 30.3 Å². The first-order valence-corrected chi connectivity index (χ1v) is 8.85. The third-order valence-corrected chi connectivity index (χ3v) is 4.66. The summed E-state index contributed by atoms with van der Waals surface area (Å²) in [5.41, 5.74) is 1.35. The molecule has 122 valence electrons. The molecule has 0 spiro atoms. The summed E-state index contributed by atoms with van der Waals surface area (Å²) in [6, 6.07) is 10.6. The number of carbonyl (C=O) groups excluding carboxylic acids is 1. The minimum atomic E-state index is 0.0245. The monoisotopic (exact) mass is 330 g/mol. The molecule has 0 radical (unpaired) electrons. The second-order valence-corrected chi connectivity index (χ2v) is 6.67. The molecular formula is C17H22N4OS. The fraction of sp³-hybridized carbons (Fsp3) is 0.412. The van der Waals surface area contributed by atoms with Gasteiger partial charge in [-0.2, -0.15) is 0 Å². The highest BCUT2D eigenvalue weighted by molar-refractivity contribution is 7.13. The average molecular weight is 330 g/mol. The van der Waals surface area contributed by atoms with Crippen LogP contribution in [0.15, 0.2) is 41.9 Å². The van der Waals surface area contributed by atoms with Crippen molar-refractivity contribution in [3.8, 4) is 0 Å². The number of carbonyl (C=O) groups is 1. The molecule has 6 heteroatoms. The first kappa shape index (κ1) is 16.1. The second kappa shape index (κ2) is 8.19. The smallest absolute Gasteiger partial charge is 0.240 e. The Kier molecular flexibility index (Phi) is 5.74. The highest BCUT2D eigenvalue weighted by atomic mass is 32.1. The molecule has 1 aromatic heterocycles. The molecule has 0 aliphatic carbocycles. The lowest BCUT2D eigenvalue weighted by Crippen LogP contribution is -2.36. The lowest BCUT2D eigenvalue weighted by atomic mass is 10.2. The van der Waals surface area contributed by atoms with Crippen LogP contribution in [0.3, 0.4) is 0 Å². The molecule has 1 aliphatic rings. The molecule has 3 rings (SSSR count). The van der Waals surface area contributed by atoms with Crippen LogP contribution in [0.5, 0.6) is 0 Å². The topological polar surface area (TPSA) is 48.5 Å². The average Bonchev–Trinajstić information content (AvgIpc) is 2.96. The second-order valence-electron chi connectivity index (χ2n) is 5.78. The van der Waals surface area contributed by atoms with E-state index < -0.39 is 0 Å². The summed E-state index contributed by atoms with van der Waals surface area (Å²) >= 11 is 1.45. The zero-order valence-corrected chi connectivity index (χ0v) is 14.0. The molecule has 1 amide bonds. The van der Waals surface area contributed by atoms with Gasteiger partial charge in [0.15, 0.2) is 5.13 Å². The van der Waals surface area contributed by atoms with Crippen LogP contribution in [0.2, 0.25) is 0 Å². The fourth-order valence-corrected chi connectivity index (χ4v) is 3.37. The van der Waals surface area contributed by atoms with Gasteiger partial charge in [0.1, 0.15) is 0 Å². The molecule has 0 saturated carbocycles. The highest BCUT2D eigenvalue weighted by Gasteiger charge is 2.17. The van der Waals surface area contributed by atoms with Gasteiger partial charge < -0.3 is 5.32 Å². The lowest BCUT2D eigenvalue weighted by Gasteiger charge is -2.21. The first-order chi connectivity index (χ1) is 11.3. The number of aromatic nitrogens is 1. The van der Waals surface area contributed by atoms with Crippen LogP contribution in [-0.2, 0) is 11.3 Å². The van der Waals surface area contributed by atoms with Crippen molar-refractivity contribution in [2.24, 2.45) is 0 Å². The molecule has 1 N–H and O–H groups in total. The van der Waals surface area contributed by atoms with Crippen molar-refractivity contribution >= 4 is 22.4 Å². The normalized spacial score (nSPS) is 16.9. The fourth-order valence-electron chi connectivity index (χ4n) is 2.83. The number of nitrogens with zero attached hydrogens (tertiary/aromatic N) is 3. The maximum Gasteiger partial charge on any atom is 0.240 e. The predicted molar refractivity (Wildman–Crippen MR) is 93.5 cm³/mol. The molecule has 1 aromatic carbocycles. The molecule has 1 saturated heterocycles. The van der Waals surface area contributed by atoms with E-state index in [1.807, 2.05) is 5.38 Å². The van der Waals surface area contributed by atoms with Gasteiger partial charge in [-0.05, 0) is 25.1 Å². The van der Waals surface area contributed by atoms with E-state index in [1.54, 1.807) is 6.20 Å². The van der Waals surface area contributed by atoms with Gasteiger partial charge in [0.25, 0.3) is 0 Å². The minimum absolute atomic E-state index is 0.0245. The van der Waals surface area contributed by atoms with Crippen molar-refractivity contribution < 1.29 is 4.79 Å². The van der Waals surface area contributed by atoms with Crippen molar-refractivity contribution in [3.05, 3.63) is 47.5 Å². The summed E-state index contributed by atoms with van der Waals surface area (Å²) in [4.78, 5) is 20.8. The SMILES string of the molecule is O=C(CN1CCCN(Cc2ccccc2)CC1)Nc1nccs1. The van der Waals surface area contributed by atoms with Gasteiger partial charge in [0.05, 0.1) is 6.54 Å². The summed E-state index contributed by atoms with van der Waals surface area (Å²) in [5.74, 6) is 0.0245. The van der Waals surface area contributed by atoms with Crippen molar-refractivity contribution in [1.29, 1.82) is 0 Å². The third-order valence-electron chi connectivity index (χ3n) is 3.98. The van der Waals surface area contributed by atoms with E-state index >= 15 is 0 Å². The molecule has 23 heavy (non-hydrogen) atoms. The number of thiazole rings is 1. The first-order valence-electron chi connectivity index (χ1n) is 7.97. The number of anilines is 1. The number of nitrogens with one attached hydrogen (secondary N) is 1. The van der Waals surface area contributed by atoms with E-state index in [4.69, 9.17) is 0 Å². The van der Waals surface area contributed by atoms with Crippen LogP contribution < -0.4 is 5.32 Å². The molecule has 5 nitrogen and oxygen atoms in total. The Morgan fingerprint density at radius 2 is 1.91 bits per heavy atom. The van der Waals surface area contributed by atoms with Gasteiger partial charge in [0, 0.05) is 31.2 Å². The number of amides is 1. The Bertz CT molecular complexity index is 602. The van der Waals surface area contributed by atoms with E-state index in [1.165, 1.54) is 16.9 Å². The molecule has 1 fully saturated rings. The summed E-state index contributed by atoms with van der Waals surface area (Å²) < 4.78 is 0. The van der Waals surface area contributed by atoms with Crippen molar-refractivity contribution in [2.75, 3.05) is 38.0 Å². The number of benzene rings is 1. The largest absolute Gasteiger partial charge is 0.301 e. The standard InChI is InChI=1S/C17H22N4OS/c22-16(19-17-18-7-12-23-17)14-21-9-4-8-20(10-11-21)13-15-5-2-1-3-6-15/h1-3,5-7,12H,4,8-11,13-14H2,(H,18,19,22). The summed E-state index contributed by atoms with van der Waals surface area (Å²) in [6.07, 6.45) is 2.80. The van der Waals surface area contributed by atoms with Gasteiger partial charge in [-0.25, -0.2) is 4.98 Å². The third kappa shape index (κ3) is 5.13. The zero-order valence-electron chi connectivity index (χ0n) is 13.1. The van der Waals surface area contributed by atoms with E-state index in [0.717, 1.165) is 39.1 Å². The Morgan fingerprint density at radius 3 is 2.70 bits per heavy atom. The minimum Gasteiger partial charge on any atom is -0.301 e. The van der Waals surface area contributed by atoms with Crippen LogP contribution in [-0.4, -0.2) is 53.4 Å².